The number of carbonyl (C=O) groups is 1. The second-order valence-electron chi connectivity index (χ2n) is 7.19. The fourth-order valence-electron chi connectivity index (χ4n) is 3.34. The van der Waals surface area contributed by atoms with E-state index in [0.717, 1.165) is 27.6 Å². The SMILES string of the molecule is O=C(O)CO/N=C/c1cn(Cc2ccccc2)c2ccc(OCc3ccc(Cl)cc3)cc12. The van der Waals surface area contributed by atoms with E-state index in [2.05, 4.69) is 21.9 Å². The molecule has 1 aromatic heterocycles. The van der Waals surface area contributed by atoms with E-state index in [1.165, 1.54) is 6.21 Å². The maximum Gasteiger partial charge on any atom is 0.344 e. The van der Waals surface area contributed by atoms with Crippen molar-refractivity contribution in [3.8, 4) is 5.75 Å². The number of halogens is 1. The zero-order chi connectivity index (χ0) is 22.3. The maximum atomic E-state index is 10.7. The molecule has 4 rings (SSSR count). The molecule has 0 unspecified atom stereocenters. The van der Waals surface area contributed by atoms with Gasteiger partial charge in [-0.05, 0) is 41.5 Å². The van der Waals surface area contributed by atoms with E-state index in [0.29, 0.717) is 23.9 Å². The Morgan fingerprint density at radius 3 is 2.56 bits per heavy atom. The zero-order valence-corrected chi connectivity index (χ0v) is 17.9. The number of aromatic nitrogens is 1. The van der Waals surface area contributed by atoms with Crippen molar-refractivity contribution >= 4 is 34.7 Å². The van der Waals surface area contributed by atoms with E-state index in [-0.39, 0.29) is 0 Å². The molecular weight excluding hydrogens is 428 g/mol. The van der Waals surface area contributed by atoms with Crippen LogP contribution in [-0.4, -0.2) is 28.5 Å². The molecule has 0 bridgehead atoms. The lowest BCUT2D eigenvalue weighted by molar-refractivity contribution is -0.142. The number of fused-ring (bicyclic) bond motifs is 1. The fourth-order valence-corrected chi connectivity index (χ4v) is 3.47. The molecule has 32 heavy (non-hydrogen) atoms. The summed E-state index contributed by atoms with van der Waals surface area (Å²) in [5, 5.41) is 14.2. The highest BCUT2D eigenvalue weighted by molar-refractivity contribution is 6.30. The van der Waals surface area contributed by atoms with Crippen LogP contribution in [0.5, 0.6) is 5.75 Å². The molecule has 162 valence electrons. The van der Waals surface area contributed by atoms with Crippen LogP contribution in [0.25, 0.3) is 10.9 Å². The molecule has 0 aliphatic rings. The maximum absolute atomic E-state index is 10.7. The lowest BCUT2D eigenvalue weighted by Gasteiger charge is -2.08. The van der Waals surface area contributed by atoms with Gasteiger partial charge in [-0.25, -0.2) is 4.79 Å². The van der Waals surface area contributed by atoms with Gasteiger partial charge in [0.05, 0.1) is 6.21 Å². The minimum atomic E-state index is -1.08. The molecule has 0 radical (unpaired) electrons. The summed E-state index contributed by atoms with van der Waals surface area (Å²) in [6, 6.07) is 23.5. The summed E-state index contributed by atoms with van der Waals surface area (Å²) in [7, 11) is 0. The van der Waals surface area contributed by atoms with Gasteiger partial charge in [-0.1, -0.05) is 59.2 Å². The van der Waals surface area contributed by atoms with Crippen LogP contribution in [0.3, 0.4) is 0 Å². The first kappa shape index (κ1) is 21.5. The van der Waals surface area contributed by atoms with E-state index >= 15 is 0 Å². The average molecular weight is 449 g/mol. The highest BCUT2D eigenvalue weighted by Crippen LogP contribution is 2.27. The van der Waals surface area contributed by atoms with Crippen LogP contribution in [0.4, 0.5) is 0 Å². The standard InChI is InChI=1S/C25H21ClN2O4/c26-21-8-6-19(7-9-21)16-31-22-10-11-24-23(12-22)20(13-27-32-17-25(29)30)15-28(24)14-18-4-2-1-3-5-18/h1-13,15H,14,16-17H2,(H,29,30)/b27-13+. The molecular formula is C25H21ClN2O4. The molecule has 0 amide bonds. The van der Waals surface area contributed by atoms with Crippen LogP contribution in [0.1, 0.15) is 16.7 Å². The minimum Gasteiger partial charge on any atom is -0.489 e. The third-order valence-electron chi connectivity index (χ3n) is 4.85. The summed E-state index contributed by atoms with van der Waals surface area (Å²) in [6.07, 6.45) is 3.49. The normalized spacial score (nSPS) is 11.2. The number of oxime groups is 1. The number of hydrogen-bond acceptors (Lipinski definition) is 4. The Morgan fingerprint density at radius 1 is 1.03 bits per heavy atom. The van der Waals surface area contributed by atoms with Gasteiger partial charge in [0, 0.05) is 34.2 Å². The van der Waals surface area contributed by atoms with Crippen LogP contribution < -0.4 is 4.74 Å². The van der Waals surface area contributed by atoms with Crippen LogP contribution in [-0.2, 0) is 22.8 Å². The van der Waals surface area contributed by atoms with E-state index in [1.807, 2.05) is 66.9 Å². The largest absolute Gasteiger partial charge is 0.489 e. The molecule has 1 heterocycles. The Hall–Kier alpha value is -3.77. The quantitative estimate of drug-likeness (QED) is 0.276. The third-order valence-corrected chi connectivity index (χ3v) is 5.10. The number of nitrogens with zero attached hydrogens (tertiary/aromatic N) is 2. The first-order valence-corrected chi connectivity index (χ1v) is 10.4. The zero-order valence-electron chi connectivity index (χ0n) is 17.1. The van der Waals surface area contributed by atoms with Gasteiger partial charge < -0.3 is 19.2 Å². The van der Waals surface area contributed by atoms with Gasteiger partial charge >= 0.3 is 5.97 Å². The van der Waals surface area contributed by atoms with Gasteiger partial charge in [-0.3, -0.25) is 0 Å². The summed E-state index contributed by atoms with van der Waals surface area (Å²) < 4.78 is 8.09. The van der Waals surface area contributed by atoms with Crippen molar-refractivity contribution in [2.24, 2.45) is 5.16 Å². The Bertz CT molecular complexity index is 1230. The number of carboxylic acid groups (broad SMARTS) is 1. The molecule has 0 saturated carbocycles. The molecule has 0 aliphatic carbocycles. The second-order valence-corrected chi connectivity index (χ2v) is 7.63. The number of benzene rings is 3. The summed E-state index contributed by atoms with van der Waals surface area (Å²) >= 11 is 5.94. The molecule has 0 saturated heterocycles. The number of carboxylic acids is 1. The first-order chi connectivity index (χ1) is 15.6. The highest BCUT2D eigenvalue weighted by Gasteiger charge is 2.10. The topological polar surface area (TPSA) is 73.0 Å². The summed E-state index contributed by atoms with van der Waals surface area (Å²) in [5.41, 5.74) is 3.99. The molecule has 6 nitrogen and oxygen atoms in total. The lowest BCUT2D eigenvalue weighted by atomic mass is 10.2. The van der Waals surface area contributed by atoms with Crippen LogP contribution in [0.2, 0.25) is 5.02 Å². The summed E-state index contributed by atoms with van der Waals surface area (Å²) in [5.74, 6) is -0.363. The molecule has 0 atom stereocenters. The van der Waals surface area contributed by atoms with Gasteiger partial charge in [0.15, 0.2) is 0 Å². The van der Waals surface area contributed by atoms with Crippen LogP contribution in [0, 0.1) is 0 Å². The number of aliphatic carboxylic acids is 1. The number of ether oxygens (including phenoxy) is 1. The van der Waals surface area contributed by atoms with Crippen molar-refractivity contribution < 1.29 is 19.5 Å². The van der Waals surface area contributed by atoms with Crippen LogP contribution >= 0.6 is 11.6 Å². The van der Waals surface area contributed by atoms with Crippen molar-refractivity contribution in [2.75, 3.05) is 6.61 Å². The van der Waals surface area contributed by atoms with E-state index in [4.69, 9.17) is 26.3 Å². The van der Waals surface area contributed by atoms with Gasteiger partial charge in [0.25, 0.3) is 0 Å². The van der Waals surface area contributed by atoms with Gasteiger partial charge in [0.2, 0.25) is 6.61 Å². The second kappa shape index (κ2) is 10.0. The Morgan fingerprint density at radius 2 is 1.81 bits per heavy atom. The average Bonchev–Trinajstić information content (AvgIpc) is 3.13. The van der Waals surface area contributed by atoms with Crippen molar-refractivity contribution in [3.63, 3.8) is 0 Å². The predicted molar refractivity (Wildman–Crippen MR) is 124 cm³/mol. The lowest BCUT2D eigenvalue weighted by Crippen LogP contribution is -2.03. The smallest absolute Gasteiger partial charge is 0.344 e. The molecule has 0 spiro atoms. The monoisotopic (exact) mass is 448 g/mol. The van der Waals surface area contributed by atoms with Gasteiger partial charge in [-0.15, -0.1) is 0 Å². The van der Waals surface area contributed by atoms with E-state index in [9.17, 15) is 4.79 Å². The Kier molecular flexibility index (Phi) is 6.72. The predicted octanol–water partition coefficient (Wildman–Crippen LogP) is 5.36. The van der Waals surface area contributed by atoms with Crippen LogP contribution in [0.15, 0.2) is 84.1 Å². The summed E-state index contributed by atoms with van der Waals surface area (Å²) in [4.78, 5) is 15.5. The molecule has 4 aromatic rings. The Balaban J connectivity index is 1.61. The molecule has 1 N–H and O–H groups in total. The van der Waals surface area contributed by atoms with Crippen molar-refractivity contribution in [3.05, 3.63) is 101 Å². The minimum absolute atomic E-state index is 0.415. The number of rotatable bonds is 9. The van der Waals surface area contributed by atoms with E-state index in [1.54, 1.807) is 0 Å². The molecule has 0 aliphatic heterocycles. The molecule has 7 heteroatoms. The Labute approximate surface area is 190 Å². The van der Waals surface area contributed by atoms with Crippen molar-refractivity contribution in [2.45, 2.75) is 13.2 Å². The van der Waals surface area contributed by atoms with Gasteiger partial charge in [0.1, 0.15) is 12.4 Å². The first-order valence-electron chi connectivity index (χ1n) is 10.00. The highest BCUT2D eigenvalue weighted by atomic mass is 35.5. The molecule has 3 aromatic carbocycles. The van der Waals surface area contributed by atoms with Crippen molar-refractivity contribution in [1.29, 1.82) is 0 Å². The van der Waals surface area contributed by atoms with Gasteiger partial charge in [-0.2, -0.15) is 0 Å². The number of hydrogen-bond donors (Lipinski definition) is 1. The third kappa shape index (κ3) is 5.47. The fraction of sp³-hybridized carbons (Fsp3) is 0.120. The summed E-state index contributed by atoms with van der Waals surface area (Å²) in [6.45, 7) is 0.610. The van der Waals surface area contributed by atoms with Crippen molar-refractivity contribution in [1.82, 2.24) is 4.57 Å². The molecule has 0 fully saturated rings. The van der Waals surface area contributed by atoms with E-state index < -0.39 is 12.6 Å².